The Bertz CT molecular complexity index is 588. The van der Waals surface area contributed by atoms with Gasteiger partial charge in [0.15, 0.2) is 5.75 Å². The maximum atomic E-state index is 12.3. The Morgan fingerprint density at radius 3 is 2.68 bits per heavy atom. The predicted octanol–water partition coefficient (Wildman–Crippen LogP) is 2.47. The zero-order valence-corrected chi connectivity index (χ0v) is 11.8. The number of ketones is 1. The first-order valence-corrected chi connectivity index (χ1v) is 6.27. The molecule has 0 amide bonds. The van der Waals surface area contributed by atoms with Gasteiger partial charge < -0.3 is 15.2 Å². The minimum absolute atomic E-state index is 0.0260. The van der Waals surface area contributed by atoms with E-state index in [1.54, 1.807) is 6.92 Å². The highest BCUT2D eigenvalue weighted by Gasteiger charge is 2.53. The van der Waals surface area contributed by atoms with Crippen LogP contribution in [-0.2, 0) is 9.53 Å². The molecule has 0 radical (unpaired) electrons. The maximum absolute atomic E-state index is 12.3. The van der Waals surface area contributed by atoms with Crippen LogP contribution in [0.3, 0.4) is 0 Å². The molecule has 0 aliphatic carbocycles. The lowest BCUT2D eigenvalue weighted by atomic mass is 9.97. The van der Waals surface area contributed by atoms with Crippen LogP contribution in [0.4, 0.5) is 5.69 Å². The number of hydrogen-bond donors (Lipinski definition) is 1. The van der Waals surface area contributed by atoms with Gasteiger partial charge in [0.1, 0.15) is 0 Å². The summed E-state index contributed by atoms with van der Waals surface area (Å²) in [5, 5.41) is 0.247. The van der Waals surface area contributed by atoms with Gasteiger partial charge in [-0.3, -0.25) is 4.79 Å². The molecule has 0 aromatic heterocycles. The number of halogens is 2. The molecule has 0 fully saturated rings. The van der Waals surface area contributed by atoms with Crippen LogP contribution in [0.2, 0.25) is 10.0 Å². The molecule has 0 spiro atoms. The minimum Gasteiger partial charge on any atom is -0.464 e. The molecule has 1 atom stereocenters. The van der Waals surface area contributed by atoms with E-state index in [1.165, 1.54) is 13.0 Å². The number of rotatable bonds is 2. The van der Waals surface area contributed by atoms with Crippen molar-refractivity contribution in [3.8, 4) is 5.75 Å². The molecule has 1 heterocycles. The van der Waals surface area contributed by atoms with Crippen molar-refractivity contribution < 1.29 is 19.1 Å². The second-order valence-corrected chi connectivity index (χ2v) is 4.96. The van der Waals surface area contributed by atoms with E-state index < -0.39 is 17.4 Å². The third kappa shape index (κ3) is 1.93. The molecule has 0 saturated heterocycles. The number of fused-ring (bicyclic) bond motifs is 1. The van der Waals surface area contributed by atoms with Crippen LogP contribution >= 0.6 is 23.2 Å². The number of hydrogen-bond acceptors (Lipinski definition) is 5. The number of anilines is 1. The van der Waals surface area contributed by atoms with Gasteiger partial charge in [-0.1, -0.05) is 23.2 Å². The third-order valence-electron chi connectivity index (χ3n) is 2.85. The Labute approximate surface area is 119 Å². The molecule has 0 bridgehead atoms. The number of esters is 1. The first-order chi connectivity index (χ1) is 8.82. The topological polar surface area (TPSA) is 78.6 Å². The fourth-order valence-corrected chi connectivity index (χ4v) is 2.35. The zero-order chi connectivity index (χ0) is 14.4. The van der Waals surface area contributed by atoms with Crippen molar-refractivity contribution in [1.29, 1.82) is 0 Å². The molecule has 1 aliphatic heterocycles. The SMILES string of the molecule is CCOC(=O)[C@]1(C)Oc2c(N)c(Cl)cc(Cl)c2C1=O. The van der Waals surface area contributed by atoms with E-state index in [2.05, 4.69) is 0 Å². The lowest BCUT2D eigenvalue weighted by Gasteiger charge is -2.19. The molecule has 2 N–H and O–H groups in total. The van der Waals surface area contributed by atoms with Crippen molar-refractivity contribution in [2.75, 3.05) is 12.3 Å². The summed E-state index contributed by atoms with van der Waals surface area (Å²) in [4.78, 5) is 24.2. The summed E-state index contributed by atoms with van der Waals surface area (Å²) < 4.78 is 10.2. The number of nitrogens with two attached hydrogens (primary N) is 1. The molecule has 102 valence electrons. The molecule has 0 saturated carbocycles. The van der Waals surface area contributed by atoms with Crippen LogP contribution in [0.25, 0.3) is 0 Å². The number of Topliss-reactive ketones (excluding diaryl/α,β-unsaturated/α-hetero) is 1. The van der Waals surface area contributed by atoms with E-state index in [0.717, 1.165) is 0 Å². The summed E-state index contributed by atoms with van der Waals surface area (Å²) in [6.07, 6.45) is 0. The third-order valence-corrected chi connectivity index (χ3v) is 3.46. The average molecular weight is 304 g/mol. The monoisotopic (exact) mass is 303 g/mol. The van der Waals surface area contributed by atoms with Gasteiger partial charge in [-0.25, -0.2) is 4.79 Å². The second kappa shape index (κ2) is 4.58. The van der Waals surface area contributed by atoms with Crippen LogP contribution in [-0.4, -0.2) is 24.0 Å². The molecule has 7 heteroatoms. The number of nitrogen functional groups attached to an aromatic ring is 1. The average Bonchev–Trinajstić information content (AvgIpc) is 2.62. The number of carbonyl (C=O) groups is 2. The molecule has 2 rings (SSSR count). The van der Waals surface area contributed by atoms with Crippen molar-refractivity contribution in [3.05, 3.63) is 21.7 Å². The van der Waals surface area contributed by atoms with Gasteiger partial charge in [-0.15, -0.1) is 0 Å². The van der Waals surface area contributed by atoms with E-state index in [4.69, 9.17) is 38.4 Å². The standard InChI is InChI=1S/C12H11Cl2NO4/c1-3-18-11(17)12(2)10(16)7-5(13)4-6(14)8(15)9(7)19-12/h4H,3,15H2,1-2H3/t12-/m1/s1. The molecule has 0 unspecified atom stereocenters. The fourth-order valence-electron chi connectivity index (χ4n) is 1.82. The van der Waals surface area contributed by atoms with Gasteiger partial charge in [-0.05, 0) is 19.9 Å². The number of carbonyl (C=O) groups excluding carboxylic acids is 2. The summed E-state index contributed by atoms with van der Waals surface area (Å²) in [6, 6.07) is 1.34. The van der Waals surface area contributed by atoms with Gasteiger partial charge in [0, 0.05) is 0 Å². The quantitative estimate of drug-likeness (QED) is 0.516. The van der Waals surface area contributed by atoms with Crippen LogP contribution in [0.5, 0.6) is 5.75 Å². The number of ether oxygens (including phenoxy) is 2. The van der Waals surface area contributed by atoms with E-state index >= 15 is 0 Å². The molecule has 19 heavy (non-hydrogen) atoms. The van der Waals surface area contributed by atoms with Gasteiger partial charge in [-0.2, -0.15) is 0 Å². The predicted molar refractivity (Wildman–Crippen MR) is 70.9 cm³/mol. The highest BCUT2D eigenvalue weighted by atomic mass is 35.5. The molecule has 1 aliphatic rings. The van der Waals surface area contributed by atoms with Gasteiger partial charge in [0.2, 0.25) is 5.78 Å². The van der Waals surface area contributed by atoms with Crippen molar-refractivity contribution in [2.45, 2.75) is 19.4 Å². The lowest BCUT2D eigenvalue weighted by Crippen LogP contribution is -2.46. The van der Waals surface area contributed by atoms with Crippen molar-refractivity contribution in [2.24, 2.45) is 0 Å². The molecular weight excluding hydrogens is 293 g/mol. The Morgan fingerprint density at radius 1 is 1.47 bits per heavy atom. The van der Waals surface area contributed by atoms with Crippen LogP contribution < -0.4 is 10.5 Å². The molecule has 1 aromatic carbocycles. The summed E-state index contributed by atoms with van der Waals surface area (Å²) in [6.45, 7) is 3.08. The summed E-state index contributed by atoms with van der Waals surface area (Å²) >= 11 is 11.8. The van der Waals surface area contributed by atoms with Crippen molar-refractivity contribution in [1.82, 2.24) is 0 Å². The zero-order valence-electron chi connectivity index (χ0n) is 10.3. The van der Waals surface area contributed by atoms with Crippen molar-refractivity contribution >= 4 is 40.6 Å². The summed E-state index contributed by atoms with van der Waals surface area (Å²) in [7, 11) is 0. The van der Waals surface area contributed by atoms with E-state index in [9.17, 15) is 9.59 Å². The minimum atomic E-state index is -1.78. The Hall–Kier alpha value is -1.46. The van der Waals surface area contributed by atoms with Crippen LogP contribution in [0.1, 0.15) is 24.2 Å². The van der Waals surface area contributed by atoms with Crippen molar-refractivity contribution in [3.63, 3.8) is 0 Å². The number of benzene rings is 1. The van der Waals surface area contributed by atoms with Gasteiger partial charge >= 0.3 is 5.97 Å². The van der Waals surface area contributed by atoms with E-state index in [0.29, 0.717) is 0 Å². The highest BCUT2D eigenvalue weighted by Crippen LogP contribution is 2.46. The van der Waals surface area contributed by atoms with Crippen LogP contribution in [0, 0.1) is 0 Å². The maximum Gasteiger partial charge on any atom is 0.358 e. The van der Waals surface area contributed by atoms with E-state index in [1.807, 2.05) is 0 Å². The Morgan fingerprint density at radius 2 is 2.11 bits per heavy atom. The highest BCUT2D eigenvalue weighted by molar-refractivity contribution is 6.40. The normalized spacial score (nSPS) is 20.9. The lowest BCUT2D eigenvalue weighted by molar-refractivity contribution is -0.155. The fraction of sp³-hybridized carbons (Fsp3) is 0.333. The van der Waals surface area contributed by atoms with Gasteiger partial charge in [0.05, 0.1) is 27.9 Å². The summed E-state index contributed by atoms with van der Waals surface area (Å²) in [5.74, 6) is -1.35. The first kappa shape index (κ1) is 14.0. The second-order valence-electron chi connectivity index (χ2n) is 4.14. The summed E-state index contributed by atoms with van der Waals surface area (Å²) in [5.41, 5.74) is 4.09. The molecular formula is C12H11Cl2NO4. The Balaban J connectivity index is 2.56. The molecule has 1 aromatic rings. The smallest absolute Gasteiger partial charge is 0.358 e. The van der Waals surface area contributed by atoms with Crippen LogP contribution in [0.15, 0.2) is 6.07 Å². The first-order valence-electron chi connectivity index (χ1n) is 5.51. The molecule has 5 nitrogen and oxygen atoms in total. The van der Waals surface area contributed by atoms with E-state index in [-0.39, 0.29) is 33.7 Å². The largest absolute Gasteiger partial charge is 0.464 e. The Kier molecular flexibility index (Phi) is 3.36. The van der Waals surface area contributed by atoms with Gasteiger partial charge in [0.25, 0.3) is 5.60 Å².